The van der Waals surface area contributed by atoms with E-state index in [0.29, 0.717) is 44.0 Å². The molecule has 0 saturated carbocycles. The van der Waals surface area contributed by atoms with Crippen molar-refractivity contribution in [2.75, 3.05) is 32.8 Å². The molecule has 0 bridgehead atoms. The van der Waals surface area contributed by atoms with E-state index in [1.54, 1.807) is 21.4 Å². The van der Waals surface area contributed by atoms with Crippen molar-refractivity contribution in [1.29, 1.82) is 0 Å². The van der Waals surface area contributed by atoms with Crippen LogP contribution in [-0.4, -0.2) is 69.4 Å². The van der Waals surface area contributed by atoms with Crippen LogP contribution in [0, 0.1) is 13.8 Å². The zero-order valence-corrected chi connectivity index (χ0v) is 15.1. The van der Waals surface area contributed by atoms with Crippen LogP contribution in [0.1, 0.15) is 28.7 Å². The number of nitrogens with zero attached hydrogens (tertiary/aromatic N) is 5. The number of amides is 2. The molecule has 0 unspecified atom stereocenters. The van der Waals surface area contributed by atoms with E-state index in [1.165, 1.54) is 0 Å². The molecular weight excluding hydrogens is 322 g/mol. The standard InChI is InChI=1S/C17H23N5O3/c1-5-25-17(24)22-8-6-21(7-9-22)16(23)13-10-11(2)18-15-14(13)12(3)19-20(15)4/h10H,5-9H2,1-4H3. The predicted molar refractivity (Wildman–Crippen MR) is 92.5 cm³/mol. The minimum Gasteiger partial charge on any atom is -0.450 e. The van der Waals surface area contributed by atoms with Crippen LogP contribution in [0.2, 0.25) is 0 Å². The van der Waals surface area contributed by atoms with Crippen molar-refractivity contribution in [1.82, 2.24) is 24.6 Å². The first-order valence-electron chi connectivity index (χ1n) is 8.44. The number of fused-ring (bicyclic) bond motifs is 1. The third-order valence-corrected chi connectivity index (χ3v) is 4.42. The van der Waals surface area contributed by atoms with Gasteiger partial charge in [0, 0.05) is 38.9 Å². The van der Waals surface area contributed by atoms with Gasteiger partial charge in [-0.1, -0.05) is 0 Å². The molecular formula is C17H23N5O3. The van der Waals surface area contributed by atoms with Gasteiger partial charge in [-0.2, -0.15) is 5.10 Å². The Bertz CT molecular complexity index is 821. The molecule has 1 aliphatic heterocycles. The molecule has 0 radical (unpaired) electrons. The Balaban J connectivity index is 1.83. The van der Waals surface area contributed by atoms with Crippen molar-refractivity contribution in [3.8, 4) is 0 Å². The maximum atomic E-state index is 13.1. The Morgan fingerprint density at radius 1 is 1.16 bits per heavy atom. The molecule has 2 aromatic rings. The summed E-state index contributed by atoms with van der Waals surface area (Å²) >= 11 is 0. The molecule has 0 N–H and O–H groups in total. The summed E-state index contributed by atoms with van der Waals surface area (Å²) in [6.45, 7) is 7.82. The average molecular weight is 345 g/mol. The van der Waals surface area contributed by atoms with E-state index in [0.717, 1.165) is 16.8 Å². The quantitative estimate of drug-likeness (QED) is 0.824. The van der Waals surface area contributed by atoms with Crippen LogP contribution >= 0.6 is 0 Å². The van der Waals surface area contributed by atoms with Crippen LogP contribution in [0.25, 0.3) is 11.0 Å². The normalized spacial score (nSPS) is 14.9. The van der Waals surface area contributed by atoms with Gasteiger partial charge in [0.1, 0.15) is 0 Å². The SMILES string of the molecule is CCOC(=O)N1CCN(C(=O)c2cc(C)nc3c2c(C)nn3C)CC1. The number of piperazine rings is 1. The molecule has 2 aromatic heterocycles. The van der Waals surface area contributed by atoms with E-state index >= 15 is 0 Å². The lowest BCUT2D eigenvalue weighted by Crippen LogP contribution is -2.50. The number of hydrogen-bond donors (Lipinski definition) is 0. The van der Waals surface area contributed by atoms with Crippen LogP contribution in [0.15, 0.2) is 6.07 Å². The predicted octanol–water partition coefficient (Wildman–Crippen LogP) is 1.50. The van der Waals surface area contributed by atoms with Crippen LogP contribution < -0.4 is 0 Å². The fraction of sp³-hybridized carbons (Fsp3) is 0.529. The summed E-state index contributed by atoms with van der Waals surface area (Å²) in [5, 5.41) is 5.19. The Morgan fingerprint density at radius 2 is 1.80 bits per heavy atom. The van der Waals surface area contributed by atoms with Crippen molar-refractivity contribution in [2.45, 2.75) is 20.8 Å². The molecule has 0 spiro atoms. The largest absolute Gasteiger partial charge is 0.450 e. The smallest absolute Gasteiger partial charge is 0.409 e. The second-order valence-corrected chi connectivity index (χ2v) is 6.20. The molecule has 3 rings (SSSR count). The number of rotatable bonds is 2. The van der Waals surface area contributed by atoms with Gasteiger partial charge >= 0.3 is 6.09 Å². The molecule has 3 heterocycles. The van der Waals surface area contributed by atoms with E-state index in [9.17, 15) is 9.59 Å². The highest BCUT2D eigenvalue weighted by atomic mass is 16.6. The minimum atomic E-state index is -0.320. The summed E-state index contributed by atoms with van der Waals surface area (Å²) in [4.78, 5) is 32.8. The lowest BCUT2D eigenvalue weighted by atomic mass is 10.1. The zero-order valence-electron chi connectivity index (χ0n) is 15.1. The Kier molecular flexibility index (Phi) is 4.61. The molecule has 0 aliphatic carbocycles. The fourth-order valence-electron chi connectivity index (χ4n) is 3.22. The van der Waals surface area contributed by atoms with E-state index in [1.807, 2.05) is 27.0 Å². The van der Waals surface area contributed by atoms with Gasteiger partial charge in [0.2, 0.25) is 0 Å². The molecule has 1 fully saturated rings. The van der Waals surface area contributed by atoms with Gasteiger partial charge in [-0.3, -0.25) is 9.48 Å². The minimum absolute atomic E-state index is 0.0462. The fourth-order valence-corrected chi connectivity index (χ4v) is 3.22. The number of hydrogen-bond acceptors (Lipinski definition) is 5. The van der Waals surface area contributed by atoms with Crippen molar-refractivity contribution < 1.29 is 14.3 Å². The molecule has 0 atom stereocenters. The number of carbonyl (C=O) groups is 2. The van der Waals surface area contributed by atoms with Crippen molar-refractivity contribution in [2.24, 2.45) is 7.05 Å². The summed E-state index contributed by atoms with van der Waals surface area (Å²) in [5.41, 5.74) is 2.91. The maximum Gasteiger partial charge on any atom is 0.409 e. The van der Waals surface area contributed by atoms with Gasteiger partial charge in [0.05, 0.1) is 23.3 Å². The highest BCUT2D eigenvalue weighted by molar-refractivity contribution is 6.06. The Morgan fingerprint density at radius 3 is 2.44 bits per heavy atom. The van der Waals surface area contributed by atoms with E-state index in [4.69, 9.17) is 4.74 Å². The molecule has 8 nitrogen and oxygen atoms in total. The van der Waals surface area contributed by atoms with Crippen molar-refractivity contribution in [3.05, 3.63) is 23.0 Å². The molecule has 2 amide bonds. The first-order chi connectivity index (χ1) is 11.9. The molecule has 1 saturated heterocycles. The second-order valence-electron chi connectivity index (χ2n) is 6.20. The number of pyridine rings is 1. The number of aryl methyl sites for hydroxylation is 3. The second kappa shape index (κ2) is 6.70. The zero-order chi connectivity index (χ0) is 18.1. The highest BCUT2D eigenvalue weighted by Gasteiger charge is 2.27. The molecule has 0 aromatic carbocycles. The summed E-state index contributed by atoms with van der Waals surface area (Å²) in [7, 11) is 1.83. The highest BCUT2D eigenvalue weighted by Crippen LogP contribution is 2.23. The van der Waals surface area contributed by atoms with Gasteiger partial charge in [0.25, 0.3) is 5.91 Å². The summed E-state index contributed by atoms with van der Waals surface area (Å²) < 4.78 is 6.72. The number of ether oxygens (including phenoxy) is 1. The number of aromatic nitrogens is 3. The van der Waals surface area contributed by atoms with Gasteiger partial charge in [-0.15, -0.1) is 0 Å². The van der Waals surface area contributed by atoms with Gasteiger partial charge < -0.3 is 14.5 Å². The van der Waals surface area contributed by atoms with Crippen LogP contribution in [-0.2, 0) is 11.8 Å². The monoisotopic (exact) mass is 345 g/mol. The third-order valence-electron chi connectivity index (χ3n) is 4.42. The number of carbonyl (C=O) groups excluding carboxylic acids is 2. The van der Waals surface area contributed by atoms with Crippen molar-refractivity contribution in [3.63, 3.8) is 0 Å². The van der Waals surface area contributed by atoms with E-state index < -0.39 is 0 Å². The van der Waals surface area contributed by atoms with Crippen LogP contribution in [0.4, 0.5) is 4.79 Å². The molecule has 1 aliphatic rings. The van der Waals surface area contributed by atoms with Gasteiger partial charge in [0.15, 0.2) is 5.65 Å². The first-order valence-corrected chi connectivity index (χ1v) is 8.44. The van der Waals surface area contributed by atoms with E-state index in [-0.39, 0.29) is 12.0 Å². The Labute approximate surface area is 146 Å². The summed E-state index contributed by atoms with van der Waals surface area (Å²) in [6, 6.07) is 1.82. The maximum absolute atomic E-state index is 13.1. The summed E-state index contributed by atoms with van der Waals surface area (Å²) in [5.74, 6) is -0.0462. The average Bonchev–Trinajstić information content (AvgIpc) is 2.88. The molecule has 8 heteroatoms. The Hall–Kier alpha value is -2.64. The third kappa shape index (κ3) is 3.16. The van der Waals surface area contributed by atoms with Crippen LogP contribution in [0.5, 0.6) is 0 Å². The van der Waals surface area contributed by atoms with Gasteiger partial charge in [-0.05, 0) is 26.8 Å². The van der Waals surface area contributed by atoms with Crippen molar-refractivity contribution >= 4 is 23.0 Å². The van der Waals surface area contributed by atoms with E-state index in [2.05, 4.69) is 10.1 Å². The molecule has 134 valence electrons. The lowest BCUT2D eigenvalue weighted by molar-refractivity contribution is 0.0572. The van der Waals surface area contributed by atoms with Gasteiger partial charge in [-0.25, -0.2) is 9.78 Å². The molecule has 25 heavy (non-hydrogen) atoms. The topological polar surface area (TPSA) is 80.6 Å². The first kappa shape index (κ1) is 17.2. The lowest BCUT2D eigenvalue weighted by Gasteiger charge is -2.34. The summed E-state index contributed by atoms with van der Waals surface area (Å²) in [6.07, 6.45) is -0.320. The van der Waals surface area contributed by atoms with Crippen LogP contribution in [0.3, 0.4) is 0 Å².